The molecule has 0 aliphatic carbocycles. The fraction of sp³-hybridized carbons (Fsp3) is 0.0769. The Hall–Kier alpha value is -1.34. The van der Waals surface area contributed by atoms with E-state index in [-0.39, 0.29) is 0 Å². The first-order chi connectivity index (χ1) is 9.17. The summed E-state index contributed by atoms with van der Waals surface area (Å²) >= 11 is 8.31. The van der Waals surface area contributed by atoms with E-state index < -0.39 is 0 Å². The number of nitrogens with zero attached hydrogens (tertiary/aromatic N) is 2. The van der Waals surface area contributed by atoms with Crippen molar-refractivity contribution in [1.82, 2.24) is 15.0 Å². The summed E-state index contributed by atoms with van der Waals surface area (Å²) in [5, 5.41) is 3.70. The summed E-state index contributed by atoms with van der Waals surface area (Å²) in [6.07, 6.45) is 0. The largest absolute Gasteiger partial charge is 0.373 e. The van der Waals surface area contributed by atoms with Gasteiger partial charge < -0.3 is 10.3 Å². The van der Waals surface area contributed by atoms with E-state index in [0.29, 0.717) is 10.7 Å². The molecule has 1 aromatic carbocycles. The molecule has 2 heterocycles. The Kier molecular flexibility index (Phi) is 3.32. The Labute approximate surface area is 128 Å². The zero-order valence-corrected chi connectivity index (χ0v) is 13.0. The number of nitrogens with one attached hydrogen (secondary N) is 2. The molecule has 0 atom stereocenters. The smallest absolute Gasteiger partial charge is 0.180 e. The van der Waals surface area contributed by atoms with Gasteiger partial charge in [-0.3, -0.25) is 0 Å². The second kappa shape index (κ2) is 4.97. The molecular weight excluding hydrogens is 375 g/mol. The molecule has 96 valence electrons. The van der Waals surface area contributed by atoms with E-state index >= 15 is 0 Å². The predicted molar refractivity (Wildman–Crippen MR) is 86.6 cm³/mol. The van der Waals surface area contributed by atoms with Gasteiger partial charge in [-0.15, -0.1) is 0 Å². The summed E-state index contributed by atoms with van der Waals surface area (Å²) in [6, 6.07) is 9.61. The molecule has 0 bridgehead atoms. The lowest BCUT2D eigenvalue weighted by Crippen LogP contribution is -1.91. The van der Waals surface area contributed by atoms with Crippen molar-refractivity contribution in [2.75, 3.05) is 12.4 Å². The van der Waals surface area contributed by atoms with Crippen molar-refractivity contribution in [3.8, 4) is 11.4 Å². The summed E-state index contributed by atoms with van der Waals surface area (Å²) in [4.78, 5) is 12.2. The van der Waals surface area contributed by atoms with E-state index in [1.54, 1.807) is 0 Å². The van der Waals surface area contributed by atoms with Crippen molar-refractivity contribution in [3.05, 3.63) is 38.9 Å². The van der Waals surface area contributed by atoms with Gasteiger partial charge in [-0.25, -0.2) is 9.97 Å². The molecule has 0 saturated heterocycles. The number of halogens is 2. The summed E-state index contributed by atoms with van der Waals surface area (Å²) in [5.74, 6) is 1.58. The highest BCUT2D eigenvalue weighted by Crippen LogP contribution is 2.27. The summed E-state index contributed by atoms with van der Waals surface area (Å²) < 4.78 is 1.09. The molecule has 3 rings (SSSR count). The Bertz CT molecular complexity index is 753. The third-order valence-corrected chi connectivity index (χ3v) is 3.96. The van der Waals surface area contributed by atoms with Crippen molar-refractivity contribution in [2.24, 2.45) is 0 Å². The molecule has 4 nitrogen and oxygen atoms in total. The van der Waals surface area contributed by atoms with Crippen LogP contribution in [0.3, 0.4) is 0 Å². The molecule has 2 aromatic heterocycles. The fourth-order valence-corrected chi connectivity index (χ4v) is 2.60. The number of pyridine rings is 1. The highest BCUT2D eigenvalue weighted by atomic mass is 127. The standard InChI is InChI=1S/C13H10ClIN4/c1-16-11-5-4-10-13(18-11)19-12(17-10)8-6-7(14)2-3-9(8)15/h2-6H,1H3,(H2,16,17,18,19). The number of anilines is 1. The molecule has 0 aliphatic heterocycles. The maximum absolute atomic E-state index is 6.04. The number of aromatic nitrogens is 3. The normalized spacial score (nSPS) is 10.9. The summed E-state index contributed by atoms with van der Waals surface area (Å²) in [7, 11) is 1.83. The van der Waals surface area contributed by atoms with E-state index in [0.717, 1.165) is 26.3 Å². The van der Waals surface area contributed by atoms with Crippen molar-refractivity contribution in [2.45, 2.75) is 0 Å². The van der Waals surface area contributed by atoms with Crippen LogP contribution in [0.2, 0.25) is 5.02 Å². The van der Waals surface area contributed by atoms with Crippen LogP contribution >= 0.6 is 34.2 Å². The number of hydrogen-bond donors (Lipinski definition) is 2. The number of rotatable bonds is 2. The Morgan fingerprint density at radius 3 is 2.84 bits per heavy atom. The van der Waals surface area contributed by atoms with Gasteiger partial charge in [-0.2, -0.15) is 0 Å². The van der Waals surface area contributed by atoms with Crippen LogP contribution in [-0.4, -0.2) is 22.0 Å². The van der Waals surface area contributed by atoms with E-state index in [9.17, 15) is 0 Å². The number of fused-ring (bicyclic) bond motifs is 1. The second-order valence-corrected chi connectivity index (χ2v) is 5.63. The average molecular weight is 385 g/mol. The van der Waals surface area contributed by atoms with Crippen LogP contribution in [0, 0.1) is 3.57 Å². The van der Waals surface area contributed by atoms with Gasteiger partial charge in [0.25, 0.3) is 0 Å². The van der Waals surface area contributed by atoms with Crippen LogP contribution < -0.4 is 5.32 Å². The number of hydrogen-bond acceptors (Lipinski definition) is 3. The summed E-state index contributed by atoms with van der Waals surface area (Å²) in [5.41, 5.74) is 2.58. The Morgan fingerprint density at radius 2 is 2.05 bits per heavy atom. The molecule has 19 heavy (non-hydrogen) atoms. The van der Waals surface area contributed by atoms with Crippen molar-refractivity contribution in [1.29, 1.82) is 0 Å². The highest BCUT2D eigenvalue weighted by molar-refractivity contribution is 14.1. The fourth-order valence-electron chi connectivity index (χ4n) is 1.84. The van der Waals surface area contributed by atoms with Gasteiger partial charge in [0.05, 0.1) is 5.52 Å². The maximum Gasteiger partial charge on any atom is 0.180 e. The minimum Gasteiger partial charge on any atom is -0.373 e. The zero-order valence-electron chi connectivity index (χ0n) is 10.0. The summed E-state index contributed by atoms with van der Waals surface area (Å²) in [6.45, 7) is 0. The maximum atomic E-state index is 6.04. The number of H-pyrrole nitrogens is 1. The molecule has 2 N–H and O–H groups in total. The molecule has 0 unspecified atom stereocenters. The quantitative estimate of drug-likeness (QED) is 0.658. The first kappa shape index (κ1) is 12.7. The average Bonchev–Trinajstić information content (AvgIpc) is 2.83. The predicted octanol–water partition coefficient (Wildman–Crippen LogP) is 3.92. The molecule has 0 amide bonds. The first-order valence-corrected chi connectivity index (χ1v) is 7.13. The van der Waals surface area contributed by atoms with E-state index in [4.69, 9.17) is 11.6 Å². The van der Waals surface area contributed by atoms with Gasteiger partial charge in [0.2, 0.25) is 0 Å². The second-order valence-electron chi connectivity index (χ2n) is 4.03. The van der Waals surface area contributed by atoms with E-state index in [1.807, 2.05) is 37.4 Å². The van der Waals surface area contributed by atoms with Gasteiger partial charge in [0.1, 0.15) is 11.6 Å². The molecule has 0 aliphatic rings. The van der Waals surface area contributed by atoms with Crippen LogP contribution in [-0.2, 0) is 0 Å². The van der Waals surface area contributed by atoms with Crippen LogP contribution in [0.1, 0.15) is 0 Å². The highest BCUT2D eigenvalue weighted by Gasteiger charge is 2.10. The molecule has 0 saturated carbocycles. The van der Waals surface area contributed by atoms with Gasteiger partial charge >= 0.3 is 0 Å². The van der Waals surface area contributed by atoms with Gasteiger partial charge in [-0.05, 0) is 52.9 Å². The van der Waals surface area contributed by atoms with Crippen molar-refractivity contribution < 1.29 is 0 Å². The topological polar surface area (TPSA) is 53.6 Å². The van der Waals surface area contributed by atoms with Crippen LogP contribution in [0.4, 0.5) is 5.82 Å². The number of aromatic amines is 1. The number of benzene rings is 1. The van der Waals surface area contributed by atoms with E-state index in [1.165, 1.54) is 0 Å². The minimum atomic E-state index is 0.692. The molecule has 0 radical (unpaired) electrons. The molecule has 0 fully saturated rings. The van der Waals surface area contributed by atoms with Crippen LogP contribution in [0.5, 0.6) is 0 Å². The van der Waals surface area contributed by atoms with Gasteiger partial charge in [0.15, 0.2) is 5.65 Å². The van der Waals surface area contributed by atoms with E-state index in [2.05, 4.69) is 42.9 Å². The SMILES string of the molecule is CNc1ccc2[nH]c(-c3cc(Cl)ccc3I)nc2n1. The van der Waals surface area contributed by atoms with Crippen molar-refractivity contribution >= 4 is 51.2 Å². The molecule has 6 heteroatoms. The lowest BCUT2D eigenvalue weighted by atomic mass is 10.2. The molecule has 0 spiro atoms. The van der Waals surface area contributed by atoms with Crippen LogP contribution in [0.15, 0.2) is 30.3 Å². The zero-order chi connectivity index (χ0) is 13.4. The van der Waals surface area contributed by atoms with Crippen LogP contribution in [0.25, 0.3) is 22.6 Å². The molecular formula is C13H10ClIN4. The number of imidazole rings is 1. The lowest BCUT2D eigenvalue weighted by molar-refractivity contribution is 1.28. The molecule has 3 aromatic rings. The van der Waals surface area contributed by atoms with Gasteiger partial charge in [-0.1, -0.05) is 11.6 Å². The monoisotopic (exact) mass is 384 g/mol. The van der Waals surface area contributed by atoms with Crippen molar-refractivity contribution in [3.63, 3.8) is 0 Å². The Balaban J connectivity index is 2.17. The minimum absolute atomic E-state index is 0.692. The first-order valence-electron chi connectivity index (χ1n) is 5.67. The Morgan fingerprint density at radius 1 is 1.21 bits per heavy atom. The third kappa shape index (κ3) is 2.40. The third-order valence-electron chi connectivity index (χ3n) is 2.79. The van der Waals surface area contributed by atoms with Gasteiger partial charge in [0, 0.05) is 21.2 Å². The lowest BCUT2D eigenvalue weighted by Gasteiger charge is -2.00.